The van der Waals surface area contributed by atoms with Gasteiger partial charge in [0.05, 0.1) is 18.1 Å². The summed E-state index contributed by atoms with van der Waals surface area (Å²) in [7, 11) is 0. The van der Waals surface area contributed by atoms with Crippen molar-refractivity contribution in [3.63, 3.8) is 0 Å². The van der Waals surface area contributed by atoms with Crippen LogP contribution in [0, 0.1) is 5.92 Å². The van der Waals surface area contributed by atoms with Gasteiger partial charge in [-0.15, -0.1) is 0 Å². The Labute approximate surface area is 136 Å². The lowest BCUT2D eigenvalue weighted by molar-refractivity contribution is -0.153. The molecule has 0 spiro atoms. The number of carbonyl (C=O) groups is 1. The van der Waals surface area contributed by atoms with Crippen LogP contribution in [0.2, 0.25) is 0 Å². The van der Waals surface area contributed by atoms with Crippen molar-refractivity contribution in [1.82, 2.24) is 0 Å². The molecule has 1 rings (SSSR count). The largest absolute Gasteiger partial charge is 0.465 e. The summed E-state index contributed by atoms with van der Waals surface area (Å²) < 4.78 is 5.38. The van der Waals surface area contributed by atoms with Crippen molar-refractivity contribution in [1.29, 1.82) is 0 Å². The summed E-state index contributed by atoms with van der Waals surface area (Å²) >= 11 is 0. The molecular weight excluding hydrogens is 276 g/mol. The first kappa shape index (κ1) is 19.5. The zero-order valence-electron chi connectivity index (χ0n) is 14.7. The number of ether oxygens (including phenoxy) is 1. The normalized spacial score (nSPS) is 25.1. The Morgan fingerprint density at radius 1 is 1.09 bits per heavy atom. The van der Waals surface area contributed by atoms with E-state index in [4.69, 9.17) is 4.74 Å². The van der Waals surface area contributed by atoms with E-state index in [0.717, 1.165) is 32.1 Å². The fourth-order valence-corrected chi connectivity index (χ4v) is 3.37. The Hall–Kier alpha value is -0.570. The van der Waals surface area contributed by atoms with Crippen molar-refractivity contribution in [2.24, 2.45) is 5.92 Å². The second-order valence-corrected chi connectivity index (χ2v) is 7.29. The number of aliphatic hydroxyl groups is 1. The van der Waals surface area contributed by atoms with E-state index in [0.29, 0.717) is 13.0 Å². The third kappa shape index (κ3) is 8.77. The molecule has 130 valence electrons. The van der Waals surface area contributed by atoms with Crippen LogP contribution >= 0.6 is 0 Å². The minimum atomic E-state index is -0.681. The summed E-state index contributed by atoms with van der Waals surface area (Å²) in [4.78, 5) is 12.0. The van der Waals surface area contributed by atoms with E-state index in [2.05, 4.69) is 6.92 Å². The first-order valence-electron chi connectivity index (χ1n) is 9.44. The first-order chi connectivity index (χ1) is 10.5. The van der Waals surface area contributed by atoms with E-state index in [1.807, 2.05) is 6.92 Å². The van der Waals surface area contributed by atoms with Crippen molar-refractivity contribution < 1.29 is 14.6 Å². The minimum absolute atomic E-state index is 0.0951. The lowest BCUT2D eigenvalue weighted by atomic mass is 9.79. The monoisotopic (exact) mass is 312 g/mol. The van der Waals surface area contributed by atoms with Gasteiger partial charge >= 0.3 is 5.97 Å². The third-order valence-corrected chi connectivity index (χ3v) is 4.78. The maximum Gasteiger partial charge on any atom is 0.309 e. The SMILES string of the molecule is CCCCCCCCCCCOC(=O)C1CCCC(C)(O)C1. The maximum atomic E-state index is 12.0. The summed E-state index contributed by atoms with van der Waals surface area (Å²) in [5.74, 6) is -0.193. The zero-order chi connectivity index (χ0) is 16.3. The van der Waals surface area contributed by atoms with Crippen LogP contribution in [0.5, 0.6) is 0 Å². The maximum absolute atomic E-state index is 12.0. The smallest absolute Gasteiger partial charge is 0.309 e. The molecule has 0 heterocycles. The van der Waals surface area contributed by atoms with E-state index in [1.165, 1.54) is 44.9 Å². The predicted octanol–water partition coefficient (Wildman–Crippen LogP) is 5.00. The van der Waals surface area contributed by atoms with Gasteiger partial charge in [0.1, 0.15) is 0 Å². The average molecular weight is 312 g/mol. The number of esters is 1. The molecule has 0 aliphatic heterocycles. The molecule has 0 aromatic heterocycles. The Morgan fingerprint density at radius 2 is 1.68 bits per heavy atom. The van der Waals surface area contributed by atoms with Crippen LogP contribution in [0.15, 0.2) is 0 Å². The van der Waals surface area contributed by atoms with E-state index < -0.39 is 5.60 Å². The molecule has 0 bridgehead atoms. The number of rotatable bonds is 11. The molecule has 1 aliphatic rings. The van der Waals surface area contributed by atoms with Gasteiger partial charge in [-0.25, -0.2) is 0 Å². The van der Waals surface area contributed by atoms with Crippen LogP contribution in [0.1, 0.15) is 97.3 Å². The number of unbranched alkanes of at least 4 members (excludes halogenated alkanes) is 8. The molecule has 0 radical (unpaired) electrons. The van der Waals surface area contributed by atoms with Crippen molar-refractivity contribution in [3.8, 4) is 0 Å². The number of hydrogen-bond acceptors (Lipinski definition) is 3. The number of hydrogen-bond donors (Lipinski definition) is 1. The quantitative estimate of drug-likeness (QED) is 0.431. The molecule has 0 amide bonds. The van der Waals surface area contributed by atoms with E-state index >= 15 is 0 Å². The summed E-state index contributed by atoms with van der Waals surface area (Å²) in [6.45, 7) is 4.62. The molecule has 1 N–H and O–H groups in total. The van der Waals surface area contributed by atoms with Crippen molar-refractivity contribution in [2.45, 2.75) is 103 Å². The summed E-state index contributed by atoms with van der Waals surface area (Å²) in [6.07, 6.45) is 14.6. The molecule has 1 saturated carbocycles. The van der Waals surface area contributed by atoms with Crippen LogP contribution < -0.4 is 0 Å². The summed E-state index contributed by atoms with van der Waals surface area (Å²) in [6, 6.07) is 0. The molecule has 1 fully saturated rings. The van der Waals surface area contributed by atoms with E-state index in [9.17, 15) is 9.90 Å². The first-order valence-corrected chi connectivity index (χ1v) is 9.44. The predicted molar refractivity (Wildman–Crippen MR) is 90.8 cm³/mol. The molecule has 1 aliphatic carbocycles. The second-order valence-electron chi connectivity index (χ2n) is 7.29. The molecule has 0 saturated heterocycles. The molecule has 3 nitrogen and oxygen atoms in total. The molecule has 3 heteroatoms. The fourth-order valence-electron chi connectivity index (χ4n) is 3.37. The van der Waals surface area contributed by atoms with Gasteiger partial charge in [-0.05, 0) is 39.0 Å². The van der Waals surface area contributed by atoms with Gasteiger partial charge < -0.3 is 9.84 Å². The Balaban J connectivity index is 1.95. The molecular formula is C19H36O3. The highest BCUT2D eigenvalue weighted by molar-refractivity contribution is 5.72. The lowest BCUT2D eigenvalue weighted by Crippen LogP contribution is -2.35. The highest BCUT2D eigenvalue weighted by atomic mass is 16.5. The molecule has 0 aromatic carbocycles. The highest BCUT2D eigenvalue weighted by Crippen LogP contribution is 2.32. The topological polar surface area (TPSA) is 46.5 Å². The molecule has 22 heavy (non-hydrogen) atoms. The second kappa shape index (κ2) is 11.0. The van der Waals surface area contributed by atoms with Crippen LogP contribution in [-0.2, 0) is 9.53 Å². The molecule has 2 atom stereocenters. The van der Waals surface area contributed by atoms with Crippen LogP contribution in [-0.4, -0.2) is 23.3 Å². The van der Waals surface area contributed by atoms with Gasteiger partial charge in [-0.3, -0.25) is 4.79 Å². The van der Waals surface area contributed by atoms with Gasteiger partial charge in [-0.1, -0.05) is 58.3 Å². The van der Waals surface area contributed by atoms with Gasteiger partial charge in [-0.2, -0.15) is 0 Å². The lowest BCUT2D eigenvalue weighted by Gasteiger charge is -2.32. The molecule has 2 unspecified atom stereocenters. The standard InChI is InChI=1S/C19H36O3/c1-3-4-5-6-7-8-9-10-11-15-22-18(20)17-13-12-14-19(2,21)16-17/h17,21H,3-16H2,1-2H3. The van der Waals surface area contributed by atoms with Crippen molar-refractivity contribution >= 4 is 5.97 Å². The van der Waals surface area contributed by atoms with Gasteiger partial charge in [0, 0.05) is 0 Å². The van der Waals surface area contributed by atoms with Gasteiger partial charge in [0.25, 0.3) is 0 Å². The van der Waals surface area contributed by atoms with E-state index in [1.54, 1.807) is 0 Å². The summed E-state index contributed by atoms with van der Waals surface area (Å²) in [5.41, 5.74) is -0.681. The Bertz CT molecular complexity index is 299. The van der Waals surface area contributed by atoms with E-state index in [-0.39, 0.29) is 11.9 Å². The average Bonchev–Trinajstić information content (AvgIpc) is 2.48. The van der Waals surface area contributed by atoms with Gasteiger partial charge in [0.2, 0.25) is 0 Å². The summed E-state index contributed by atoms with van der Waals surface area (Å²) in [5, 5.41) is 10.0. The van der Waals surface area contributed by atoms with Crippen LogP contribution in [0.4, 0.5) is 0 Å². The van der Waals surface area contributed by atoms with Crippen LogP contribution in [0.3, 0.4) is 0 Å². The van der Waals surface area contributed by atoms with Crippen LogP contribution in [0.25, 0.3) is 0 Å². The minimum Gasteiger partial charge on any atom is -0.465 e. The van der Waals surface area contributed by atoms with Crippen molar-refractivity contribution in [2.75, 3.05) is 6.61 Å². The number of carbonyl (C=O) groups excluding carboxylic acids is 1. The van der Waals surface area contributed by atoms with Crippen molar-refractivity contribution in [3.05, 3.63) is 0 Å². The van der Waals surface area contributed by atoms with Gasteiger partial charge in [0.15, 0.2) is 0 Å². The molecule has 0 aromatic rings. The highest BCUT2D eigenvalue weighted by Gasteiger charge is 2.34. The Morgan fingerprint density at radius 3 is 2.27 bits per heavy atom. The zero-order valence-corrected chi connectivity index (χ0v) is 14.7. The fraction of sp³-hybridized carbons (Fsp3) is 0.947. The third-order valence-electron chi connectivity index (χ3n) is 4.78. The Kier molecular flexibility index (Phi) is 9.77.